The normalized spacial score (nSPS) is 12.4. The summed E-state index contributed by atoms with van der Waals surface area (Å²) >= 11 is 0. The predicted octanol–water partition coefficient (Wildman–Crippen LogP) is 23.5. The van der Waals surface area contributed by atoms with Crippen LogP contribution < -0.4 is 0 Å². The van der Waals surface area contributed by atoms with Gasteiger partial charge in [-0.15, -0.1) is 0 Å². The lowest BCUT2D eigenvalue weighted by atomic mass is 10.0. The first kappa shape index (κ1) is 75.1. The maximum absolute atomic E-state index is 12.9. The second-order valence-electron chi connectivity index (χ2n) is 23.1. The number of unbranched alkanes of at least 4 members (excludes halogenated alkanes) is 42. The van der Waals surface area contributed by atoms with Crippen LogP contribution in [0.25, 0.3) is 0 Å². The van der Waals surface area contributed by atoms with E-state index in [0.717, 1.165) is 89.9 Å². The Balaban J connectivity index is 4.06. The fourth-order valence-electron chi connectivity index (χ4n) is 10.1. The summed E-state index contributed by atoms with van der Waals surface area (Å²) in [4.78, 5) is 38.2. The first-order valence-corrected chi connectivity index (χ1v) is 34.3. The van der Waals surface area contributed by atoms with Crippen molar-refractivity contribution in [3.05, 3.63) is 60.8 Å². The van der Waals surface area contributed by atoms with E-state index in [1.807, 2.05) is 0 Å². The van der Waals surface area contributed by atoms with Gasteiger partial charge in [0.2, 0.25) is 0 Å². The van der Waals surface area contributed by atoms with Crippen LogP contribution in [0, 0.1) is 0 Å². The molecule has 1 unspecified atom stereocenters. The molecule has 0 N–H and O–H groups in total. The maximum Gasteiger partial charge on any atom is 0.306 e. The molecular weight excluding hydrogens is 961 g/mol. The topological polar surface area (TPSA) is 78.9 Å². The minimum atomic E-state index is -0.776. The predicted molar refractivity (Wildman–Crippen MR) is 339 cm³/mol. The molecule has 0 amide bonds. The van der Waals surface area contributed by atoms with Gasteiger partial charge in [0.15, 0.2) is 6.10 Å². The Morgan fingerprint density at radius 1 is 0.269 bits per heavy atom. The average Bonchev–Trinajstić information content (AvgIpc) is 3.44. The number of hydrogen-bond donors (Lipinski definition) is 0. The van der Waals surface area contributed by atoms with Gasteiger partial charge in [0.05, 0.1) is 0 Å². The van der Waals surface area contributed by atoms with E-state index in [9.17, 15) is 14.4 Å². The zero-order valence-electron chi connectivity index (χ0n) is 52.2. The van der Waals surface area contributed by atoms with Gasteiger partial charge in [-0.1, -0.05) is 319 Å². The Morgan fingerprint density at radius 2 is 0.500 bits per heavy atom. The van der Waals surface area contributed by atoms with E-state index in [1.165, 1.54) is 231 Å². The molecule has 0 aliphatic rings. The molecule has 0 aliphatic heterocycles. The highest BCUT2D eigenvalue weighted by Crippen LogP contribution is 2.18. The molecule has 0 rings (SSSR count). The molecule has 6 heteroatoms. The molecule has 1 atom stereocenters. The minimum Gasteiger partial charge on any atom is -0.462 e. The molecule has 0 aromatic rings. The Morgan fingerprint density at radius 3 is 0.795 bits per heavy atom. The highest BCUT2D eigenvalue weighted by Gasteiger charge is 2.19. The van der Waals surface area contributed by atoms with Crippen LogP contribution in [-0.2, 0) is 28.6 Å². The summed E-state index contributed by atoms with van der Waals surface area (Å²) in [5.41, 5.74) is 0. The highest BCUT2D eigenvalue weighted by molar-refractivity contribution is 5.71. The van der Waals surface area contributed by atoms with Crippen molar-refractivity contribution in [1.29, 1.82) is 0 Å². The third kappa shape index (κ3) is 63.9. The highest BCUT2D eigenvalue weighted by atomic mass is 16.6. The first-order chi connectivity index (χ1) is 38.5. The van der Waals surface area contributed by atoms with Gasteiger partial charge >= 0.3 is 17.9 Å². The molecule has 0 heterocycles. The molecule has 454 valence electrons. The van der Waals surface area contributed by atoms with E-state index in [2.05, 4.69) is 81.5 Å². The van der Waals surface area contributed by atoms with Crippen LogP contribution in [-0.4, -0.2) is 37.2 Å². The lowest BCUT2D eigenvalue weighted by Gasteiger charge is -2.18. The van der Waals surface area contributed by atoms with Crippen molar-refractivity contribution in [3.8, 4) is 0 Å². The first-order valence-electron chi connectivity index (χ1n) is 34.3. The fraction of sp³-hybridized carbons (Fsp3) is 0.819. The minimum absolute atomic E-state index is 0.0735. The monoisotopic (exact) mass is 1090 g/mol. The zero-order valence-corrected chi connectivity index (χ0v) is 52.2. The SMILES string of the molecule is CC/C=C\C/C=C\C/C=C\C/C=C\CCCCCCCCCCC(=O)OC(COC(=O)CCCCCCCCCC)COC(=O)CCCCCCCCCCCCCCCCCCCCC/C=C\CCCCCCCCCC. The number of esters is 3. The van der Waals surface area contributed by atoms with Crippen molar-refractivity contribution in [2.75, 3.05) is 13.2 Å². The smallest absolute Gasteiger partial charge is 0.306 e. The number of allylic oxidation sites excluding steroid dienone is 10. The summed E-state index contributed by atoms with van der Waals surface area (Å²) in [7, 11) is 0. The summed E-state index contributed by atoms with van der Waals surface area (Å²) in [5.74, 6) is -0.867. The number of carbonyl (C=O) groups excluding carboxylic acids is 3. The lowest BCUT2D eigenvalue weighted by molar-refractivity contribution is -0.167. The van der Waals surface area contributed by atoms with Crippen molar-refractivity contribution >= 4 is 17.9 Å². The molecule has 6 nitrogen and oxygen atoms in total. The quantitative estimate of drug-likeness (QED) is 0.0261. The Hall–Kier alpha value is -2.89. The van der Waals surface area contributed by atoms with Crippen molar-refractivity contribution in [2.45, 2.75) is 367 Å². The second kappa shape index (κ2) is 66.6. The molecular formula is C72H130O6. The molecule has 0 bridgehead atoms. The van der Waals surface area contributed by atoms with Crippen molar-refractivity contribution in [1.82, 2.24) is 0 Å². The second-order valence-corrected chi connectivity index (χ2v) is 23.1. The van der Waals surface area contributed by atoms with Crippen LogP contribution in [0.1, 0.15) is 361 Å². The van der Waals surface area contributed by atoms with Crippen molar-refractivity contribution in [3.63, 3.8) is 0 Å². The van der Waals surface area contributed by atoms with E-state index in [1.54, 1.807) is 0 Å². The number of hydrogen-bond acceptors (Lipinski definition) is 6. The molecule has 0 spiro atoms. The van der Waals surface area contributed by atoms with Gasteiger partial charge in [-0.25, -0.2) is 0 Å². The van der Waals surface area contributed by atoms with Crippen LogP contribution in [0.15, 0.2) is 60.8 Å². The summed E-state index contributed by atoms with van der Waals surface area (Å²) in [6.45, 7) is 6.54. The van der Waals surface area contributed by atoms with Crippen LogP contribution in [0.5, 0.6) is 0 Å². The van der Waals surface area contributed by atoms with E-state index in [4.69, 9.17) is 14.2 Å². The summed E-state index contributed by atoms with van der Waals surface area (Å²) in [6, 6.07) is 0. The maximum atomic E-state index is 12.9. The molecule has 78 heavy (non-hydrogen) atoms. The van der Waals surface area contributed by atoms with Gasteiger partial charge in [0, 0.05) is 19.3 Å². The fourth-order valence-corrected chi connectivity index (χ4v) is 10.1. The third-order valence-electron chi connectivity index (χ3n) is 15.3. The standard InChI is InChI=1S/C72H130O6/c1-4-7-10-13-16-19-21-23-25-27-29-31-32-33-34-35-36-37-38-39-40-42-43-45-47-49-51-53-56-59-62-65-71(74)77-68-69(67-76-70(73)64-61-58-55-18-15-12-9-6-3)78-72(75)66-63-60-57-54-52-50-48-46-44-41-30-28-26-24-22-20-17-14-11-8-5-2/h8,11,17,20,24,26-27,29-30,41,69H,4-7,9-10,12-16,18-19,21-23,25,28,31-40,42-68H2,1-3H3/b11-8-,20-17-,26-24-,29-27-,41-30-. The lowest BCUT2D eigenvalue weighted by Crippen LogP contribution is -2.30. The summed E-state index contributed by atoms with van der Waals surface area (Å²) in [5, 5.41) is 0. The van der Waals surface area contributed by atoms with Crippen molar-refractivity contribution in [2.24, 2.45) is 0 Å². The average molecular weight is 1090 g/mol. The van der Waals surface area contributed by atoms with Gasteiger partial charge in [-0.05, 0) is 83.5 Å². The summed E-state index contributed by atoms with van der Waals surface area (Å²) < 4.78 is 16.9. The van der Waals surface area contributed by atoms with E-state index in [-0.39, 0.29) is 31.1 Å². The molecule has 0 aromatic heterocycles. The van der Waals surface area contributed by atoms with E-state index in [0.29, 0.717) is 19.3 Å². The molecule has 0 saturated heterocycles. The molecule has 0 aromatic carbocycles. The van der Waals surface area contributed by atoms with Gasteiger partial charge in [-0.2, -0.15) is 0 Å². The number of ether oxygens (including phenoxy) is 3. The number of rotatable bonds is 63. The van der Waals surface area contributed by atoms with Gasteiger partial charge in [0.1, 0.15) is 13.2 Å². The van der Waals surface area contributed by atoms with Crippen LogP contribution in [0.4, 0.5) is 0 Å². The summed E-state index contributed by atoms with van der Waals surface area (Å²) in [6.07, 6.45) is 85.6. The molecule has 0 radical (unpaired) electrons. The van der Waals surface area contributed by atoms with Crippen LogP contribution in [0.3, 0.4) is 0 Å². The van der Waals surface area contributed by atoms with Gasteiger partial charge in [0.25, 0.3) is 0 Å². The molecule has 0 saturated carbocycles. The van der Waals surface area contributed by atoms with E-state index < -0.39 is 6.10 Å². The van der Waals surface area contributed by atoms with E-state index >= 15 is 0 Å². The van der Waals surface area contributed by atoms with Gasteiger partial charge in [-0.3, -0.25) is 14.4 Å². The third-order valence-corrected chi connectivity index (χ3v) is 15.3. The van der Waals surface area contributed by atoms with Crippen molar-refractivity contribution < 1.29 is 28.6 Å². The Bertz CT molecular complexity index is 1390. The van der Waals surface area contributed by atoms with Crippen LogP contribution in [0.2, 0.25) is 0 Å². The van der Waals surface area contributed by atoms with Gasteiger partial charge < -0.3 is 14.2 Å². The van der Waals surface area contributed by atoms with Crippen LogP contribution >= 0.6 is 0 Å². The largest absolute Gasteiger partial charge is 0.462 e. The zero-order chi connectivity index (χ0) is 56.4. The Labute approximate surface area is 485 Å². The molecule has 0 aliphatic carbocycles. The molecule has 0 fully saturated rings. The Kier molecular flexibility index (Phi) is 64.2. The number of carbonyl (C=O) groups is 3.